The van der Waals surface area contributed by atoms with E-state index in [-0.39, 0.29) is 23.7 Å². The van der Waals surface area contributed by atoms with Gasteiger partial charge in [-0.05, 0) is 31.3 Å². The predicted molar refractivity (Wildman–Crippen MR) is 114 cm³/mol. The maximum atomic E-state index is 14.6. The fourth-order valence-corrected chi connectivity index (χ4v) is 3.38. The fourth-order valence-electron chi connectivity index (χ4n) is 3.08. The van der Waals surface area contributed by atoms with Crippen molar-refractivity contribution in [1.82, 2.24) is 35.1 Å². The van der Waals surface area contributed by atoms with Gasteiger partial charge in [0, 0.05) is 18.3 Å². The van der Waals surface area contributed by atoms with Crippen molar-refractivity contribution in [2.24, 2.45) is 0 Å². The molecule has 0 N–H and O–H groups in total. The van der Waals surface area contributed by atoms with Crippen molar-refractivity contribution in [2.75, 3.05) is 13.6 Å². The topological polar surface area (TPSA) is 85.8 Å². The van der Waals surface area contributed by atoms with Crippen LogP contribution in [0.3, 0.4) is 0 Å². The van der Waals surface area contributed by atoms with E-state index in [1.165, 1.54) is 10.9 Å². The molecule has 0 unspecified atom stereocenters. The van der Waals surface area contributed by atoms with Crippen LogP contribution in [0.25, 0.3) is 22.7 Å². The molecule has 0 aliphatic rings. The lowest BCUT2D eigenvalue weighted by Gasteiger charge is -2.14. The van der Waals surface area contributed by atoms with Crippen molar-refractivity contribution in [3.05, 3.63) is 64.6 Å². The summed E-state index contributed by atoms with van der Waals surface area (Å²) in [5.74, 6) is -1.76. The fraction of sp³-hybridized carbons (Fsp3) is 0.286. The second-order valence-corrected chi connectivity index (χ2v) is 7.75. The summed E-state index contributed by atoms with van der Waals surface area (Å²) in [6, 6.07) is 6.83. The van der Waals surface area contributed by atoms with E-state index in [4.69, 9.17) is 16.0 Å². The molecular weight excluding hydrogens is 459 g/mol. The number of halogens is 4. The summed E-state index contributed by atoms with van der Waals surface area (Å²) < 4.78 is 46.0. The van der Waals surface area contributed by atoms with E-state index in [1.54, 1.807) is 6.20 Å². The van der Waals surface area contributed by atoms with Gasteiger partial charge in [-0.3, -0.25) is 4.98 Å². The average Bonchev–Trinajstić information content (AvgIpc) is 3.45. The molecule has 0 amide bonds. The number of hydrogen-bond acceptors (Lipinski definition) is 7. The van der Waals surface area contributed by atoms with Crippen molar-refractivity contribution in [3.8, 4) is 22.7 Å². The minimum Gasteiger partial charge on any atom is -0.415 e. The lowest BCUT2D eigenvalue weighted by atomic mass is 10.1. The minimum absolute atomic E-state index is 0.00221. The maximum absolute atomic E-state index is 14.6. The third-order valence-corrected chi connectivity index (χ3v) is 5.26. The molecule has 0 aliphatic carbocycles. The quantitative estimate of drug-likeness (QED) is 0.366. The summed E-state index contributed by atoms with van der Waals surface area (Å²) in [5, 5.41) is 15.4. The number of rotatable bonds is 8. The summed E-state index contributed by atoms with van der Waals surface area (Å²) in [5.41, 5.74) is 2.50. The molecule has 0 saturated heterocycles. The van der Waals surface area contributed by atoms with Gasteiger partial charge in [0.2, 0.25) is 5.89 Å². The molecule has 0 atom stereocenters. The molecule has 4 rings (SSSR count). The van der Waals surface area contributed by atoms with Crippen molar-refractivity contribution < 1.29 is 17.6 Å². The first-order chi connectivity index (χ1) is 15.8. The lowest BCUT2D eigenvalue weighted by molar-refractivity contribution is 0.116. The number of aromatic nitrogens is 6. The predicted octanol–water partition coefficient (Wildman–Crippen LogP) is 4.62. The monoisotopic (exact) mass is 477 g/mol. The Morgan fingerprint density at radius 1 is 1.18 bits per heavy atom. The molecule has 1 aromatic carbocycles. The SMILES string of the molecule is CCN(C)Cc1ccc(-c2cn(Cc3ncc(-c4nnc(C(F)F)o4)cc3F)nn2)c(Cl)c1. The zero-order valence-electron chi connectivity index (χ0n) is 17.7. The first-order valence-corrected chi connectivity index (χ1v) is 10.4. The Bertz CT molecular complexity index is 1260. The van der Waals surface area contributed by atoms with E-state index in [0.717, 1.165) is 24.7 Å². The molecule has 0 fully saturated rings. The van der Waals surface area contributed by atoms with Crippen molar-refractivity contribution >= 4 is 11.6 Å². The molecule has 12 heteroatoms. The third-order valence-electron chi connectivity index (χ3n) is 4.94. The van der Waals surface area contributed by atoms with E-state index >= 15 is 0 Å². The van der Waals surface area contributed by atoms with Crippen LogP contribution in [0.2, 0.25) is 5.02 Å². The van der Waals surface area contributed by atoms with Crippen molar-refractivity contribution in [3.63, 3.8) is 0 Å². The van der Waals surface area contributed by atoms with Crippen LogP contribution in [-0.2, 0) is 13.1 Å². The zero-order chi connectivity index (χ0) is 23.5. The van der Waals surface area contributed by atoms with Crippen LogP contribution < -0.4 is 0 Å². The molecule has 3 aromatic heterocycles. The molecule has 0 spiro atoms. The Labute approximate surface area is 192 Å². The normalized spacial score (nSPS) is 11.6. The van der Waals surface area contributed by atoms with E-state index in [1.807, 2.05) is 25.2 Å². The van der Waals surface area contributed by atoms with Gasteiger partial charge in [-0.25, -0.2) is 9.07 Å². The summed E-state index contributed by atoms with van der Waals surface area (Å²) in [4.78, 5) is 6.20. The van der Waals surface area contributed by atoms with Crippen LogP contribution in [0.5, 0.6) is 0 Å². The average molecular weight is 478 g/mol. The largest absolute Gasteiger partial charge is 0.415 e. The number of hydrogen-bond donors (Lipinski definition) is 0. The Hall–Kier alpha value is -3.31. The number of pyridine rings is 1. The van der Waals surface area contributed by atoms with Gasteiger partial charge in [0.25, 0.3) is 5.89 Å². The first-order valence-electron chi connectivity index (χ1n) is 9.97. The summed E-state index contributed by atoms with van der Waals surface area (Å²) in [6.45, 7) is 3.78. The molecule has 33 heavy (non-hydrogen) atoms. The van der Waals surface area contributed by atoms with Gasteiger partial charge in [0.05, 0.1) is 29.0 Å². The van der Waals surface area contributed by atoms with Crippen LogP contribution in [-0.4, -0.2) is 48.7 Å². The molecule has 0 bridgehead atoms. The lowest BCUT2D eigenvalue weighted by Crippen LogP contribution is -2.16. The van der Waals surface area contributed by atoms with Crippen LogP contribution in [0.4, 0.5) is 13.2 Å². The van der Waals surface area contributed by atoms with Crippen LogP contribution in [0, 0.1) is 5.82 Å². The van der Waals surface area contributed by atoms with E-state index < -0.39 is 18.1 Å². The molecule has 4 aromatic rings. The third kappa shape index (κ3) is 5.20. The van der Waals surface area contributed by atoms with E-state index in [2.05, 4.69) is 37.3 Å². The number of nitrogens with zero attached hydrogens (tertiary/aromatic N) is 7. The Balaban J connectivity index is 1.49. The summed E-state index contributed by atoms with van der Waals surface area (Å²) >= 11 is 6.45. The Morgan fingerprint density at radius 2 is 2.00 bits per heavy atom. The molecule has 3 heterocycles. The van der Waals surface area contributed by atoms with Gasteiger partial charge < -0.3 is 9.32 Å². The second kappa shape index (κ2) is 9.67. The minimum atomic E-state index is -2.91. The Morgan fingerprint density at radius 3 is 2.67 bits per heavy atom. The van der Waals surface area contributed by atoms with Gasteiger partial charge in [-0.1, -0.05) is 35.9 Å². The highest BCUT2D eigenvalue weighted by Crippen LogP contribution is 2.28. The Kier molecular flexibility index (Phi) is 6.70. The smallest absolute Gasteiger partial charge is 0.314 e. The molecule has 0 saturated carbocycles. The van der Waals surface area contributed by atoms with Crippen molar-refractivity contribution in [2.45, 2.75) is 26.4 Å². The number of alkyl halides is 2. The van der Waals surface area contributed by atoms with Gasteiger partial charge >= 0.3 is 6.43 Å². The molecule has 0 aliphatic heterocycles. The molecular formula is C21H19ClF3N7O. The summed E-state index contributed by atoms with van der Waals surface area (Å²) in [7, 11) is 2.02. The maximum Gasteiger partial charge on any atom is 0.314 e. The first kappa shape index (κ1) is 22.9. The van der Waals surface area contributed by atoms with Gasteiger partial charge in [0.15, 0.2) is 0 Å². The molecule has 8 nitrogen and oxygen atoms in total. The molecule has 0 radical (unpaired) electrons. The highest BCUT2D eigenvalue weighted by Gasteiger charge is 2.18. The van der Waals surface area contributed by atoms with E-state index in [0.29, 0.717) is 16.3 Å². The highest BCUT2D eigenvalue weighted by atomic mass is 35.5. The second-order valence-electron chi connectivity index (χ2n) is 7.34. The van der Waals surface area contributed by atoms with Gasteiger partial charge in [-0.2, -0.15) is 8.78 Å². The zero-order valence-corrected chi connectivity index (χ0v) is 18.5. The van der Waals surface area contributed by atoms with Gasteiger partial charge in [-0.15, -0.1) is 15.3 Å². The summed E-state index contributed by atoms with van der Waals surface area (Å²) in [6.07, 6.45) is -0.00429. The van der Waals surface area contributed by atoms with Crippen LogP contribution in [0.15, 0.2) is 41.1 Å². The van der Waals surface area contributed by atoms with Crippen LogP contribution in [0.1, 0.15) is 30.5 Å². The van der Waals surface area contributed by atoms with Gasteiger partial charge in [0.1, 0.15) is 11.5 Å². The highest BCUT2D eigenvalue weighted by molar-refractivity contribution is 6.33. The number of benzene rings is 1. The van der Waals surface area contributed by atoms with Crippen LogP contribution >= 0.6 is 11.6 Å². The standard InChI is InChI=1S/C21H19ClF3N7O/c1-3-31(2)9-12-4-5-14(15(22)6-12)17-10-32(30-27-17)11-18-16(23)7-13(8-26-18)20-28-29-21(33-20)19(24)25/h4-8,10,19H,3,9,11H2,1-2H3. The van der Waals surface area contributed by atoms with E-state index in [9.17, 15) is 13.2 Å². The molecule has 172 valence electrons. The van der Waals surface area contributed by atoms with Crippen molar-refractivity contribution in [1.29, 1.82) is 0 Å².